The van der Waals surface area contributed by atoms with E-state index in [1.54, 1.807) is 49.7 Å². The topological polar surface area (TPSA) is 135 Å². The average Bonchev–Trinajstić information content (AvgIpc) is 3.62. The second-order valence-electron chi connectivity index (χ2n) is 13.2. The molecule has 0 radical (unpaired) electrons. The van der Waals surface area contributed by atoms with Gasteiger partial charge in [0, 0.05) is 28.6 Å². The van der Waals surface area contributed by atoms with Crippen molar-refractivity contribution >= 4 is 50.7 Å². The molecule has 0 saturated carbocycles. The van der Waals surface area contributed by atoms with Crippen LogP contribution in [0.15, 0.2) is 85.3 Å². The van der Waals surface area contributed by atoms with Crippen LogP contribution in [0.5, 0.6) is 28.9 Å². The van der Waals surface area contributed by atoms with Crippen LogP contribution in [0.25, 0.3) is 43.2 Å². The summed E-state index contributed by atoms with van der Waals surface area (Å²) in [5.41, 5.74) is 5.02. The highest BCUT2D eigenvalue weighted by Gasteiger charge is 2.30. The number of ether oxygens (including phenoxy) is 5. The van der Waals surface area contributed by atoms with E-state index >= 15 is 0 Å². The van der Waals surface area contributed by atoms with Crippen LogP contribution < -0.4 is 23.7 Å². The van der Waals surface area contributed by atoms with E-state index in [2.05, 4.69) is 15.0 Å². The Labute approximate surface area is 345 Å². The molecule has 0 aliphatic carbocycles. The molecule has 0 saturated heterocycles. The fraction of sp³-hybridized carbons (Fsp3) is 0.186. The number of hydrogen-bond donors (Lipinski definition) is 1. The third kappa shape index (κ3) is 7.55. The van der Waals surface area contributed by atoms with Crippen molar-refractivity contribution in [1.82, 2.24) is 19.9 Å². The minimum absolute atomic E-state index is 0.0208. The predicted octanol–water partition coefficient (Wildman–Crippen LogP) is 9.98. The monoisotopic (exact) mass is 838 g/mol. The molecule has 4 aromatic carbocycles. The van der Waals surface area contributed by atoms with Crippen molar-refractivity contribution in [2.75, 3.05) is 20.3 Å². The van der Waals surface area contributed by atoms with Crippen molar-refractivity contribution in [3.63, 3.8) is 0 Å². The Morgan fingerprint density at radius 2 is 1.69 bits per heavy atom. The van der Waals surface area contributed by atoms with Gasteiger partial charge in [-0.2, -0.15) is 0 Å². The summed E-state index contributed by atoms with van der Waals surface area (Å²) in [6, 6.07) is 20.3. The summed E-state index contributed by atoms with van der Waals surface area (Å²) < 4.78 is 44.6. The molecule has 4 bridgehead atoms. The van der Waals surface area contributed by atoms with Gasteiger partial charge in [-0.25, -0.2) is 29.1 Å². The molecular formula is C43H33Cl2FN4O7S. The first-order valence-electron chi connectivity index (χ1n) is 18.0. The van der Waals surface area contributed by atoms with Crippen molar-refractivity contribution in [2.45, 2.75) is 33.0 Å². The highest BCUT2D eigenvalue weighted by molar-refractivity contribution is 7.22. The van der Waals surface area contributed by atoms with Gasteiger partial charge in [-0.15, -0.1) is 11.3 Å². The van der Waals surface area contributed by atoms with Crippen molar-refractivity contribution in [3.05, 3.63) is 124 Å². The van der Waals surface area contributed by atoms with Gasteiger partial charge in [0.05, 0.1) is 33.8 Å². The van der Waals surface area contributed by atoms with Crippen LogP contribution in [0.1, 0.15) is 22.4 Å². The molecule has 0 unspecified atom stereocenters. The van der Waals surface area contributed by atoms with E-state index in [1.807, 2.05) is 38.1 Å². The predicted molar refractivity (Wildman–Crippen MR) is 219 cm³/mol. The highest BCUT2D eigenvalue weighted by atomic mass is 35.5. The van der Waals surface area contributed by atoms with E-state index in [0.29, 0.717) is 83.0 Å². The van der Waals surface area contributed by atoms with Gasteiger partial charge in [-0.05, 0) is 84.6 Å². The number of rotatable bonds is 7. The molecule has 294 valence electrons. The molecule has 2 aliphatic rings. The summed E-state index contributed by atoms with van der Waals surface area (Å²) in [5, 5.41) is 11.7. The molecule has 58 heavy (non-hydrogen) atoms. The maximum Gasteiger partial charge on any atom is 0.345 e. The number of thiophene rings is 1. The molecule has 15 heteroatoms. The number of aromatic nitrogens is 4. The van der Waals surface area contributed by atoms with Crippen LogP contribution >= 0.6 is 34.5 Å². The lowest BCUT2D eigenvalue weighted by Gasteiger charge is -2.20. The van der Waals surface area contributed by atoms with Crippen LogP contribution in [0, 0.1) is 19.7 Å². The highest BCUT2D eigenvalue weighted by Crippen LogP contribution is 2.53. The number of nitrogens with zero attached hydrogens (tertiary/aromatic N) is 4. The van der Waals surface area contributed by atoms with Crippen LogP contribution in [-0.4, -0.2) is 57.4 Å². The van der Waals surface area contributed by atoms with Crippen LogP contribution in [0.3, 0.4) is 0 Å². The van der Waals surface area contributed by atoms with Crippen LogP contribution in [0.2, 0.25) is 10.0 Å². The number of halogens is 3. The number of hydrogen-bond acceptors (Lipinski definition) is 11. The first-order valence-corrected chi connectivity index (χ1v) is 19.6. The first-order chi connectivity index (χ1) is 28.1. The number of fused-ring (bicyclic) bond motifs is 7. The van der Waals surface area contributed by atoms with E-state index in [4.69, 9.17) is 51.9 Å². The summed E-state index contributed by atoms with van der Waals surface area (Å²) in [7, 11) is 1.58. The summed E-state index contributed by atoms with van der Waals surface area (Å²) in [4.78, 5) is 32.5. The van der Waals surface area contributed by atoms with E-state index in [-0.39, 0.29) is 42.2 Å². The van der Waals surface area contributed by atoms with E-state index in [0.717, 1.165) is 5.56 Å². The zero-order valence-electron chi connectivity index (χ0n) is 31.2. The van der Waals surface area contributed by atoms with Gasteiger partial charge < -0.3 is 28.8 Å². The number of para-hydroxylation sites is 1. The second kappa shape index (κ2) is 16.5. The Balaban J connectivity index is 1.22. The van der Waals surface area contributed by atoms with Gasteiger partial charge in [0.1, 0.15) is 54.0 Å². The molecular weight excluding hydrogens is 806 g/mol. The maximum atomic E-state index is 14.2. The summed E-state index contributed by atoms with van der Waals surface area (Å²) >= 11 is 15.3. The lowest BCUT2D eigenvalue weighted by Crippen LogP contribution is -2.30. The largest absolute Gasteiger partial charge is 0.496 e. The lowest BCUT2D eigenvalue weighted by molar-refractivity contribution is -0.145. The van der Waals surface area contributed by atoms with E-state index < -0.39 is 17.9 Å². The zero-order chi connectivity index (χ0) is 40.5. The molecule has 7 aromatic rings. The third-order valence-electron chi connectivity index (χ3n) is 9.62. The standard InChI is InChI=1S/C43H33Cl2FN4O7S/c1-22-33-23(2)37(45)38(36(22)44)55-17-16-54-28-12-13-30(56-20-27-14-15-47-40(50-27)29-6-4-5-7-31(29)53-3)25(18-28)19-32(43(51)52)57-41-35-34(33)39(58-42(35)49-21-48-41)24-8-10-26(46)11-9-24/h4-15,18,21,32H,16-17,19-20H2,1-3H3,(H,51,52)/t32-/m1/s1. The van der Waals surface area contributed by atoms with Crippen molar-refractivity contribution in [2.24, 2.45) is 0 Å². The molecule has 0 amide bonds. The fourth-order valence-corrected chi connectivity index (χ4v) is 8.51. The summed E-state index contributed by atoms with van der Waals surface area (Å²) in [5.74, 6) is 0.580. The number of aliphatic carboxylic acids is 1. The van der Waals surface area contributed by atoms with Gasteiger partial charge in [0.25, 0.3) is 0 Å². The SMILES string of the molecule is COc1ccccc1-c1nccc(COc2ccc3cc2C[C@H](C(=O)O)Oc2ncnc4sc(-c5ccc(F)cc5)c(c24)-c2c(C)c(Cl)c(c(Cl)c2C)OCCO3)n1. The quantitative estimate of drug-likeness (QED) is 0.164. The molecule has 3 aromatic heterocycles. The molecule has 2 aliphatic heterocycles. The second-order valence-corrected chi connectivity index (χ2v) is 15.0. The minimum atomic E-state index is -1.45. The molecule has 9 rings (SSSR count). The van der Waals surface area contributed by atoms with Crippen molar-refractivity contribution in [3.8, 4) is 61.8 Å². The maximum absolute atomic E-state index is 14.2. The molecule has 0 spiro atoms. The Morgan fingerprint density at radius 1 is 0.931 bits per heavy atom. The van der Waals surface area contributed by atoms with Crippen molar-refractivity contribution < 1.29 is 38.0 Å². The Hall–Kier alpha value is -6.02. The van der Waals surface area contributed by atoms with Gasteiger partial charge >= 0.3 is 5.97 Å². The van der Waals surface area contributed by atoms with Gasteiger partial charge in [0.2, 0.25) is 12.0 Å². The fourth-order valence-electron chi connectivity index (χ4n) is 6.83. The number of methoxy groups -OCH3 is 1. The minimum Gasteiger partial charge on any atom is -0.496 e. The normalized spacial score (nSPS) is 13.9. The molecule has 0 fully saturated rings. The lowest BCUT2D eigenvalue weighted by atomic mass is 9.92. The summed E-state index contributed by atoms with van der Waals surface area (Å²) in [6.07, 6.45) is 1.35. The van der Waals surface area contributed by atoms with Crippen LogP contribution in [0.4, 0.5) is 4.39 Å². The molecule has 1 N–H and O–H groups in total. The molecule has 5 heterocycles. The van der Waals surface area contributed by atoms with Gasteiger partial charge in [0.15, 0.2) is 11.6 Å². The smallest absolute Gasteiger partial charge is 0.345 e. The zero-order valence-corrected chi connectivity index (χ0v) is 33.5. The number of benzene rings is 4. The number of carboxylic acid groups (broad SMARTS) is 1. The Morgan fingerprint density at radius 3 is 2.45 bits per heavy atom. The van der Waals surface area contributed by atoms with E-state index in [9.17, 15) is 14.3 Å². The van der Waals surface area contributed by atoms with Gasteiger partial charge in [-0.3, -0.25) is 0 Å². The Bertz CT molecular complexity index is 2670. The van der Waals surface area contributed by atoms with E-state index in [1.165, 1.54) is 29.8 Å². The first kappa shape index (κ1) is 38.8. The third-order valence-corrected chi connectivity index (χ3v) is 11.7. The summed E-state index contributed by atoms with van der Waals surface area (Å²) in [6.45, 7) is 3.93. The number of carboxylic acids is 1. The molecule has 11 nitrogen and oxygen atoms in total. The average molecular weight is 840 g/mol. The van der Waals surface area contributed by atoms with Gasteiger partial charge in [-0.1, -0.05) is 47.5 Å². The number of carbonyl (C=O) groups is 1. The van der Waals surface area contributed by atoms with Crippen molar-refractivity contribution in [1.29, 1.82) is 0 Å². The molecule has 1 atom stereocenters. The van der Waals surface area contributed by atoms with Crippen LogP contribution in [-0.2, 0) is 17.8 Å². The Kier molecular flexibility index (Phi) is 11.0.